The average Bonchev–Trinajstić information content (AvgIpc) is 2.76. The summed E-state index contributed by atoms with van der Waals surface area (Å²) in [6, 6.07) is 1.49. The average molecular weight is 264 g/mol. The summed E-state index contributed by atoms with van der Waals surface area (Å²) in [6.07, 6.45) is 0. The van der Waals surface area contributed by atoms with E-state index in [0.717, 1.165) is 4.68 Å². The molecule has 0 aliphatic rings. The summed E-state index contributed by atoms with van der Waals surface area (Å²) in [7, 11) is 1.44. The third-order valence-electron chi connectivity index (χ3n) is 1.99. The first-order valence-corrected chi connectivity index (χ1v) is 4.85. The quantitative estimate of drug-likeness (QED) is 0.882. The topological polar surface area (TPSA) is 81.8 Å². The lowest BCUT2D eigenvalue weighted by Gasteiger charge is -2.03. The molecule has 2 aromatic heterocycles. The molecule has 0 spiro atoms. The van der Waals surface area contributed by atoms with Crippen molar-refractivity contribution in [2.45, 2.75) is 6.61 Å². The minimum absolute atomic E-state index is 0.0311. The zero-order valence-corrected chi connectivity index (χ0v) is 9.37. The van der Waals surface area contributed by atoms with Crippen LogP contribution in [0.1, 0.15) is 0 Å². The molecule has 17 heavy (non-hydrogen) atoms. The first kappa shape index (κ1) is 11.6. The van der Waals surface area contributed by atoms with E-state index in [1.165, 1.54) is 13.1 Å². The van der Waals surface area contributed by atoms with Crippen molar-refractivity contribution in [3.05, 3.63) is 11.1 Å². The van der Waals surface area contributed by atoms with Crippen molar-refractivity contribution in [2.24, 2.45) is 7.05 Å². The van der Waals surface area contributed by atoms with Gasteiger partial charge in [0.1, 0.15) is 16.5 Å². The van der Waals surface area contributed by atoms with Crippen molar-refractivity contribution in [2.75, 3.05) is 5.73 Å². The number of hydrogen-bond donors (Lipinski definition) is 2. The van der Waals surface area contributed by atoms with Gasteiger partial charge in [-0.2, -0.15) is 19.0 Å². The highest BCUT2D eigenvalue weighted by Crippen LogP contribution is 2.34. The smallest absolute Gasteiger partial charge is 0.388 e. The van der Waals surface area contributed by atoms with Crippen LogP contribution in [0, 0.1) is 0 Å². The summed E-state index contributed by atoms with van der Waals surface area (Å²) >= 11 is 5.89. The molecule has 0 aromatic carbocycles. The lowest BCUT2D eigenvalue weighted by atomic mass is 10.3. The number of hydrogen-bond acceptors (Lipinski definition) is 4. The van der Waals surface area contributed by atoms with E-state index in [9.17, 15) is 8.78 Å². The van der Waals surface area contributed by atoms with E-state index >= 15 is 0 Å². The molecule has 2 rings (SSSR count). The fraction of sp³-hybridized carbons (Fsp3) is 0.250. The van der Waals surface area contributed by atoms with E-state index in [1.54, 1.807) is 0 Å². The molecule has 0 aliphatic heterocycles. The van der Waals surface area contributed by atoms with Crippen molar-refractivity contribution in [1.29, 1.82) is 0 Å². The van der Waals surface area contributed by atoms with Crippen LogP contribution in [0.25, 0.3) is 11.4 Å². The van der Waals surface area contributed by atoms with E-state index in [0.29, 0.717) is 5.69 Å². The van der Waals surface area contributed by atoms with Crippen LogP contribution in [0.2, 0.25) is 5.02 Å². The van der Waals surface area contributed by atoms with Gasteiger partial charge < -0.3 is 10.5 Å². The molecular formula is C8H8ClF2N5O. The first-order valence-electron chi connectivity index (χ1n) is 4.47. The fourth-order valence-electron chi connectivity index (χ4n) is 1.33. The molecule has 0 saturated heterocycles. The van der Waals surface area contributed by atoms with E-state index in [4.69, 9.17) is 17.3 Å². The van der Waals surface area contributed by atoms with Crippen LogP contribution in [-0.4, -0.2) is 26.6 Å². The van der Waals surface area contributed by atoms with Crippen molar-refractivity contribution in [1.82, 2.24) is 20.0 Å². The van der Waals surface area contributed by atoms with E-state index in [1.807, 2.05) is 0 Å². The summed E-state index contributed by atoms with van der Waals surface area (Å²) in [5.74, 6) is 0.0304. The lowest BCUT2D eigenvalue weighted by Crippen LogP contribution is -2.06. The number of ether oxygens (including phenoxy) is 1. The molecule has 0 saturated carbocycles. The second-order valence-corrected chi connectivity index (χ2v) is 3.55. The summed E-state index contributed by atoms with van der Waals surface area (Å²) in [5, 5.41) is 10.2. The predicted octanol–water partition coefficient (Wildman–Crippen LogP) is 1.65. The van der Waals surface area contributed by atoms with Gasteiger partial charge in [0, 0.05) is 13.1 Å². The lowest BCUT2D eigenvalue weighted by molar-refractivity contribution is -0.0552. The molecule has 3 N–H and O–H groups in total. The van der Waals surface area contributed by atoms with Crippen LogP contribution in [0.15, 0.2) is 6.07 Å². The van der Waals surface area contributed by atoms with Gasteiger partial charge in [0.2, 0.25) is 5.88 Å². The van der Waals surface area contributed by atoms with E-state index < -0.39 is 6.61 Å². The zero-order chi connectivity index (χ0) is 12.6. The van der Waals surface area contributed by atoms with Crippen LogP contribution in [-0.2, 0) is 7.05 Å². The zero-order valence-electron chi connectivity index (χ0n) is 8.62. The summed E-state index contributed by atoms with van der Waals surface area (Å²) in [5.41, 5.74) is 6.09. The van der Waals surface area contributed by atoms with Crippen molar-refractivity contribution < 1.29 is 13.5 Å². The first-order chi connectivity index (χ1) is 7.99. The highest BCUT2D eigenvalue weighted by molar-refractivity contribution is 6.34. The Morgan fingerprint density at radius 1 is 1.59 bits per heavy atom. The second kappa shape index (κ2) is 4.21. The Bertz CT molecular complexity index is 538. The van der Waals surface area contributed by atoms with E-state index in [2.05, 4.69) is 20.0 Å². The van der Waals surface area contributed by atoms with Crippen LogP contribution >= 0.6 is 11.6 Å². The Morgan fingerprint density at radius 3 is 2.82 bits per heavy atom. The number of halogens is 3. The van der Waals surface area contributed by atoms with Gasteiger partial charge in [0.15, 0.2) is 0 Å². The minimum Gasteiger partial charge on any atom is -0.416 e. The summed E-state index contributed by atoms with van der Waals surface area (Å²) in [4.78, 5) is 0. The minimum atomic E-state index is -2.97. The Balaban J connectivity index is 2.43. The Labute approximate surface area is 99.3 Å². The molecule has 0 aliphatic carbocycles. The number of aromatic nitrogens is 4. The van der Waals surface area contributed by atoms with Gasteiger partial charge in [-0.3, -0.25) is 5.10 Å². The number of nitrogens with one attached hydrogen (secondary N) is 1. The Hall–Kier alpha value is -1.83. The molecule has 0 unspecified atom stereocenters. The fourth-order valence-corrected chi connectivity index (χ4v) is 1.63. The third-order valence-corrected chi connectivity index (χ3v) is 2.33. The normalized spacial score (nSPS) is 11.1. The largest absolute Gasteiger partial charge is 0.416 e. The highest BCUT2D eigenvalue weighted by Gasteiger charge is 2.21. The molecule has 2 aromatic rings. The maximum Gasteiger partial charge on any atom is 0.388 e. The molecule has 0 radical (unpaired) electrons. The van der Waals surface area contributed by atoms with Crippen LogP contribution in [0.4, 0.5) is 14.6 Å². The van der Waals surface area contributed by atoms with Gasteiger partial charge in [0.25, 0.3) is 0 Å². The monoisotopic (exact) mass is 263 g/mol. The van der Waals surface area contributed by atoms with Crippen molar-refractivity contribution in [3.8, 4) is 17.3 Å². The van der Waals surface area contributed by atoms with Crippen LogP contribution in [0.5, 0.6) is 5.88 Å². The van der Waals surface area contributed by atoms with Gasteiger partial charge in [-0.05, 0) is 0 Å². The van der Waals surface area contributed by atoms with Gasteiger partial charge in [0.05, 0.1) is 5.69 Å². The van der Waals surface area contributed by atoms with Crippen molar-refractivity contribution in [3.63, 3.8) is 0 Å². The number of nitrogen functional groups attached to an aromatic ring is 1. The predicted molar refractivity (Wildman–Crippen MR) is 56.8 cm³/mol. The van der Waals surface area contributed by atoms with Crippen LogP contribution < -0.4 is 10.5 Å². The molecule has 92 valence electrons. The Morgan fingerprint density at radius 2 is 2.29 bits per heavy atom. The number of alkyl halides is 2. The highest BCUT2D eigenvalue weighted by atomic mass is 35.5. The van der Waals surface area contributed by atoms with E-state index in [-0.39, 0.29) is 22.4 Å². The second-order valence-electron chi connectivity index (χ2n) is 3.18. The molecule has 0 atom stereocenters. The third kappa shape index (κ3) is 2.16. The van der Waals surface area contributed by atoms with Crippen LogP contribution in [0.3, 0.4) is 0 Å². The number of aromatic amines is 1. The SMILES string of the molecule is Cn1nc(-c2cc(N)n[nH]2)c(Cl)c1OC(F)F. The van der Waals surface area contributed by atoms with Gasteiger partial charge in [-0.1, -0.05) is 11.6 Å². The van der Waals surface area contributed by atoms with Crippen molar-refractivity contribution >= 4 is 17.4 Å². The maximum absolute atomic E-state index is 12.1. The number of rotatable bonds is 3. The summed E-state index contributed by atoms with van der Waals surface area (Å²) in [6.45, 7) is -2.97. The molecule has 9 heteroatoms. The maximum atomic E-state index is 12.1. The molecule has 0 fully saturated rings. The molecule has 6 nitrogen and oxygen atoms in total. The standard InChI is InChI=1S/C8H8ClF2N5O/c1-16-7(17-8(10)11)5(9)6(15-16)3-2-4(12)14-13-3/h2,8H,1H3,(H3,12,13,14). The molecule has 0 amide bonds. The molecule has 0 bridgehead atoms. The number of nitrogens with zero attached hydrogens (tertiary/aromatic N) is 3. The van der Waals surface area contributed by atoms with Gasteiger partial charge in [-0.15, -0.1) is 0 Å². The summed E-state index contributed by atoms with van der Waals surface area (Å²) < 4.78 is 29.6. The molecular weight excluding hydrogens is 256 g/mol. The molecule has 2 heterocycles. The van der Waals surface area contributed by atoms with Gasteiger partial charge >= 0.3 is 6.61 Å². The number of nitrogens with two attached hydrogens (primary N) is 1. The van der Waals surface area contributed by atoms with Gasteiger partial charge in [-0.25, -0.2) is 4.68 Å². The Kier molecular flexibility index (Phi) is 2.88. The number of H-pyrrole nitrogens is 1. The number of anilines is 1. The number of aryl methyl sites for hydroxylation is 1.